The molecule has 0 aliphatic heterocycles. The second-order valence-electron chi connectivity index (χ2n) is 11.0. The molecule has 5 rings (SSSR count). The summed E-state index contributed by atoms with van der Waals surface area (Å²) in [6, 6.07) is 19.0. The van der Waals surface area contributed by atoms with Crippen molar-refractivity contribution in [2.24, 2.45) is 17.8 Å². The first-order chi connectivity index (χ1) is 17.7. The fourth-order valence-corrected chi connectivity index (χ4v) is 6.69. The highest BCUT2D eigenvalue weighted by Crippen LogP contribution is 2.45. The summed E-state index contributed by atoms with van der Waals surface area (Å²) >= 11 is 0. The molecule has 2 nitrogen and oxygen atoms in total. The van der Waals surface area contributed by atoms with Crippen molar-refractivity contribution < 1.29 is 4.74 Å². The summed E-state index contributed by atoms with van der Waals surface area (Å²) in [4.78, 5) is 0. The highest BCUT2D eigenvalue weighted by Gasteiger charge is 2.34. The second kappa shape index (κ2) is 11.8. The van der Waals surface area contributed by atoms with E-state index < -0.39 is 0 Å². The monoisotopic (exact) mass is 477 g/mol. The van der Waals surface area contributed by atoms with Gasteiger partial charge in [0, 0.05) is 12.3 Å². The van der Waals surface area contributed by atoms with E-state index >= 15 is 0 Å². The minimum Gasteiger partial charge on any atom is -0.489 e. The molecule has 2 aromatic carbocycles. The molecule has 0 N–H and O–H groups in total. The molecule has 2 aromatic rings. The van der Waals surface area contributed by atoms with Crippen LogP contribution in [0.4, 0.5) is 0 Å². The quantitative estimate of drug-likeness (QED) is 0.398. The van der Waals surface area contributed by atoms with Gasteiger partial charge in [-0.05, 0) is 78.0 Å². The molecular formula is C34H39NO. The lowest BCUT2D eigenvalue weighted by Crippen LogP contribution is -2.27. The number of fused-ring (bicyclic) bond motifs is 1. The first-order valence-corrected chi connectivity index (χ1v) is 14.1. The maximum absolute atomic E-state index is 9.10. The van der Waals surface area contributed by atoms with Crippen LogP contribution in [0, 0.1) is 29.1 Å². The standard InChI is InChI=1S/C34H39NO/c1-2-7-25-8-5-9-27(22-25)23-31-19-18-30-10-3-4-13-33(30)34(31)36-32-12-6-11-28(20-21-32)29-16-14-26(24-35)15-17-29/h3-4,6,10-11,13-17,20-21,25,27,31,34H,2,5,7-9,12,18-19,22-23H2,1H3. The summed E-state index contributed by atoms with van der Waals surface area (Å²) in [6.45, 7) is 2.33. The van der Waals surface area contributed by atoms with Gasteiger partial charge in [0.15, 0.2) is 0 Å². The van der Waals surface area contributed by atoms with E-state index in [1.54, 1.807) is 0 Å². The number of ether oxygens (including phenoxy) is 1. The Hall–Kier alpha value is -3.05. The predicted octanol–water partition coefficient (Wildman–Crippen LogP) is 9.10. The number of benzene rings is 2. The molecule has 4 atom stereocenters. The van der Waals surface area contributed by atoms with Crippen molar-refractivity contribution >= 4 is 5.57 Å². The molecule has 186 valence electrons. The molecule has 1 fully saturated rings. The number of allylic oxidation sites excluding steroid dienone is 5. The van der Waals surface area contributed by atoms with E-state index in [2.05, 4.69) is 61.6 Å². The normalized spacial score (nSPS) is 25.7. The topological polar surface area (TPSA) is 33.0 Å². The van der Waals surface area contributed by atoms with E-state index in [1.165, 1.54) is 68.9 Å². The minimum atomic E-state index is 0.144. The second-order valence-corrected chi connectivity index (χ2v) is 11.0. The summed E-state index contributed by atoms with van der Waals surface area (Å²) in [7, 11) is 0. The molecule has 0 amide bonds. The van der Waals surface area contributed by atoms with Gasteiger partial charge >= 0.3 is 0 Å². The van der Waals surface area contributed by atoms with Crippen LogP contribution in [-0.2, 0) is 11.2 Å². The summed E-state index contributed by atoms with van der Waals surface area (Å²) in [5.74, 6) is 3.42. The highest BCUT2D eigenvalue weighted by atomic mass is 16.5. The maximum atomic E-state index is 9.10. The third kappa shape index (κ3) is 5.84. The first-order valence-electron chi connectivity index (χ1n) is 14.1. The molecule has 0 heterocycles. The Morgan fingerprint density at radius 2 is 1.81 bits per heavy atom. The van der Waals surface area contributed by atoms with Crippen LogP contribution in [0.2, 0.25) is 0 Å². The van der Waals surface area contributed by atoms with E-state index in [4.69, 9.17) is 10.00 Å². The minimum absolute atomic E-state index is 0.144. The molecule has 0 saturated heterocycles. The van der Waals surface area contributed by atoms with Gasteiger partial charge in [-0.3, -0.25) is 0 Å². The lowest BCUT2D eigenvalue weighted by molar-refractivity contribution is 0.0328. The van der Waals surface area contributed by atoms with Gasteiger partial charge in [-0.15, -0.1) is 0 Å². The Balaban J connectivity index is 1.35. The Morgan fingerprint density at radius 1 is 0.972 bits per heavy atom. The van der Waals surface area contributed by atoms with E-state index in [9.17, 15) is 0 Å². The maximum Gasteiger partial charge on any atom is 0.126 e. The van der Waals surface area contributed by atoms with Crippen LogP contribution in [0.5, 0.6) is 0 Å². The molecule has 2 heteroatoms. The lowest BCUT2D eigenvalue weighted by atomic mass is 9.71. The zero-order valence-electron chi connectivity index (χ0n) is 21.7. The van der Waals surface area contributed by atoms with Crippen LogP contribution < -0.4 is 0 Å². The Kier molecular flexibility index (Phi) is 8.07. The fraction of sp³-hybridized carbons (Fsp3) is 0.441. The van der Waals surface area contributed by atoms with Crippen molar-refractivity contribution in [2.75, 3.05) is 0 Å². The molecule has 0 bridgehead atoms. The van der Waals surface area contributed by atoms with Crippen molar-refractivity contribution in [3.63, 3.8) is 0 Å². The average Bonchev–Trinajstić information content (AvgIpc) is 3.16. The van der Waals surface area contributed by atoms with Crippen LogP contribution in [0.15, 0.2) is 78.6 Å². The zero-order chi connectivity index (χ0) is 24.7. The van der Waals surface area contributed by atoms with Gasteiger partial charge in [0.2, 0.25) is 0 Å². The lowest BCUT2D eigenvalue weighted by Gasteiger charge is -2.38. The van der Waals surface area contributed by atoms with Gasteiger partial charge in [-0.2, -0.15) is 5.26 Å². The van der Waals surface area contributed by atoms with E-state index in [-0.39, 0.29) is 6.10 Å². The number of nitriles is 1. The van der Waals surface area contributed by atoms with Crippen molar-refractivity contribution in [2.45, 2.75) is 77.2 Å². The van der Waals surface area contributed by atoms with Gasteiger partial charge in [0.1, 0.15) is 11.9 Å². The SMILES string of the molecule is CCCC1CCCC(CC2CCc3ccccc3C2OC2=CC=C(c3ccc(C#N)cc3)C=CC2)C1. The first kappa shape index (κ1) is 24.6. The van der Waals surface area contributed by atoms with E-state index in [1.807, 2.05) is 24.3 Å². The number of nitrogens with zero attached hydrogens (tertiary/aromatic N) is 1. The van der Waals surface area contributed by atoms with Crippen LogP contribution in [0.3, 0.4) is 0 Å². The van der Waals surface area contributed by atoms with Gasteiger partial charge < -0.3 is 4.74 Å². The predicted molar refractivity (Wildman–Crippen MR) is 148 cm³/mol. The van der Waals surface area contributed by atoms with Crippen molar-refractivity contribution in [1.29, 1.82) is 5.26 Å². The largest absolute Gasteiger partial charge is 0.489 e. The number of hydrogen-bond acceptors (Lipinski definition) is 2. The highest BCUT2D eigenvalue weighted by molar-refractivity contribution is 5.76. The van der Waals surface area contributed by atoms with Gasteiger partial charge in [0.25, 0.3) is 0 Å². The molecule has 0 aromatic heterocycles. The molecule has 36 heavy (non-hydrogen) atoms. The third-order valence-corrected chi connectivity index (χ3v) is 8.49. The molecule has 0 spiro atoms. The summed E-state index contributed by atoms with van der Waals surface area (Å²) < 4.78 is 6.91. The van der Waals surface area contributed by atoms with E-state index in [0.717, 1.165) is 35.2 Å². The molecule has 4 unspecified atom stereocenters. The zero-order valence-corrected chi connectivity index (χ0v) is 21.7. The number of hydrogen-bond donors (Lipinski definition) is 0. The third-order valence-electron chi connectivity index (χ3n) is 8.49. The smallest absolute Gasteiger partial charge is 0.126 e. The summed E-state index contributed by atoms with van der Waals surface area (Å²) in [6.07, 6.45) is 21.8. The number of rotatable bonds is 7. The Labute approximate surface area is 217 Å². The van der Waals surface area contributed by atoms with Crippen LogP contribution in [-0.4, -0.2) is 0 Å². The fourth-order valence-electron chi connectivity index (χ4n) is 6.69. The Morgan fingerprint density at radius 3 is 2.64 bits per heavy atom. The average molecular weight is 478 g/mol. The summed E-state index contributed by atoms with van der Waals surface area (Å²) in [5, 5.41) is 9.10. The number of aryl methyl sites for hydroxylation is 1. The molecular weight excluding hydrogens is 438 g/mol. The van der Waals surface area contributed by atoms with Crippen LogP contribution in [0.1, 0.15) is 93.1 Å². The molecule has 0 radical (unpaired) electrons. The van der Waals surface area contributed by atoms with Crippen molar-refractivity contribution in [3.8, 4) is 6.07 Å². The molecule has 1 saturated carbocycles. The van der Waals surface area contributed by atoms with Crippen molar-refractivity contribution in [3.05, 3.63) is 101 Å². The van der Waals surface area contributed by atoms with Crippen LogP contribution >= 0.6 is 0 Å². The summed E-state index contributed by atoms with van der Waals surface area (Å²) in [5.41, 5.74) is 5.84. The van der Waals surface area contributed by atoms with Gasteiger partial charge in [0.05, 0.1) is 11.6 Å². The Bertz CT molecular complexity index is 1160. The van der Waals surface area contributed by atoms with Crippen LogP contribution in [0.25, 0.3) is 5.57 Å². The molecule has 3 aliphatic rings. The van der Waals surface area contributed by atoms with Crippen molar-refractivity contribution in [1.82, 2.24) is 0 Å². The van der Waals surface area contributed by atoms with Gasteiger partial charge in [-0.25, -0.2) is 0 Å². The van der Waals surface area contributed by atoms with E-state index in [0.29, 0.717) is 11.5 Å². The van der Waals surface area contributed by atoms with Gasteiger partial charge in [-0.1, -0.05) is 93.7 Å². The molecule has 3 aliphatic carbocycles.